The second-order valence-electron chi connectivity index (χ2n) is 5.65. The molecule has 1 aromatic heterocycles. The summed E-state index contributed by atoms with van der Waals surface area (Å²) in [7, 11) is 0. The van der Waals surface area contributed by atoms with Gasteiger partial charge in [-0.25, -0.2) is 14.8 Å². The van der Waals surface area contributed by atoms with Crippen molar-refractivity contribution in [3.8, 4) is 0 Å². The van der Waals surface area contributed by atoms with Crippen molar-refractivity contribution in [2.75, 3.05) is 23.4 Å². The van der Waals surface area contributed by atoms with Gasteiger partial charge in [-0.05, 0) is 31.5 Å². The van der Waals surface area contributed by atoms with Crippen LogP contribution in [-0.2, 0) is 9.53 Å². The van der Waals surface area contributed by atoms with Crippen molar-refractivity contribution in [2.24, 2.45) is 0 Å². The number of rotatable bonds is 4. The van der Waals surface area contributed by atoms with Gasteiger partial charge in [0.1, 0.15) is 12.9 Å². The summed E-state index contributed by atoms with van der Waals surface area (Å²) in [6.45, 7) is 4.59. The third kappa shape index (κ3) is 3.19. The second kappa shape index (κ2) is 6.66. The van der Waals surface area contributed by atoms with Gasteiger partial charge in [0.15, 0.2) is 0 Å². The molecule has 1 atom stereocenters. The van der Waals surface area contributed by atoms with Crippen LogP contribution in [0.25, 0.3) is 0 Å². The zero-order valence-corrected chi connectivity index (χ0v) is 13.5. The molecule has 1 saturated heterocycles. The Morgan fingerprint density at radius 2 is 2.08 bits per heavy atom. The average Bonchev–Trinajstić information content (AvgIpc) is 3.02. The number of cyclic esters (lactones) is 1. The van der Waals surface area contributed by atoms with E-state index in [4.69, 9.17) is 4.74 Å². The molecule has 0 aliphatic carbocycles. The van der Waals surface area contributed by atoms with Crippen molar-refractivity contribution in [3.63, 3.8) is 0 Å². The Hall–Kier alpha value is -2.96. The zero-order chi connectivity index (χ0) is 17.1. The lowest BCUT2D eigenvalue weighted by atomic mass is 10.0. The zero-order valence-electron chi connectivity index (χ0n) is 13.5. The van der Waals surface area contributed by atoms with Crippen LogP contribution in [0.2, 0.25) is 0 Å². The number of ether oxygens (including phenoxy) is 1. The maximum absolute atomic E-state index is 12.4. The highest BCUT2D eigenvalue weighted by atomic mass is 16.6. The van der Waals surface area contributed by atoms with Crippen molar-refractivity contribution in [2.45, 2.75) is 19.8 Å². The van der Waals surface area contributed by atoms with Gasteiger partial charge >= 0.3 is 6.09 Å². The van der Waals surface area contributed by atoms with Gasteiger partial charge < -0.3 is 10.1 Å². The van der Waals surface area contributed by atoms with Crippen LogP contribution in [0.4, 0.5) is 16.2 Å². The average molecular weight is 326 g/mol. The molecule has 2 amide bonds. The highest BCUT2D eigenvalue weighted by molar-refractivity contribution is 5.97. The summed E-state index contributed by atoms with van der Waals surface area (Å²) < 4.78 is 4.98. The quantitative estimate of drug-likeness (QED) is 0.933. The maximum atomic E-state index is 12.4. The number of nitrogens with zero attached hydrogens (tertiary/aromatic N) is 3. The van der Waals surface area contributed by atoms with E-state index in [0.717, 1.165) is 16.8 Å². The van der Waals surface area contributed by atoms with Crippen LogP contribution in [0.5, 0.6) is 0 Å². The molecule has 0 bridgehead atoms. The number of hydrogen-bond acceptors (Lipinski definition) is 5. The first-order valence-corrected chi connectivity index (χ1v) is 7.67. The fourth-order valence-electron chi connectivity index (χ4n) is 2.53. The predicted molar refractivity (Wildman–Crippen MR) is 88.9 cm³/mol. The van der Waals surface area contributed by atoms with Crippen molar-refractivity contribution in [1.82, 2.24) is 9.97 Å². The Balaban J connectivity index is 1.78. The number of carbonyl (C=O) groups is 2. The van der Waals surface area contributed by atoms with E-state index in [-0.39, 0.29) is 17.9 Å². The van der Waals surface area contributed by atoms with E-state index >= 15 is 0 Å². The number of benzene rings is 1. The van der Waals surface area contributed by atoms with Crippen LogP contribution < -0.4 is 10.2 Å². The Labute approximate surface area is 139 Å². The molecular formula is C17H18N4O3. The van der Waals surface area contributed by atoms with E-state index in [1.807, 2.05) is 19.1 Å². The van der Waals surface area contributed by atoms with E-state index in [9.17, 15) is 9.59 Å². The summed E-state index contributed by atoms with van der Waals surface area (Å²) in [6, 6.07) is 5.47. The minimum atomic E-state index is -0.382. The van der Waals surface area contributed by atoms with Gasteiger partial charge in [0, 0.05) is 23.6 Å². The number of amides is 2. The van der Waals surface area contributed by atoms with Gasteiger partial charge in [0.05, 0.1) is 18.2 Å². The van der Waals surface area contributed by atoms with Gasteiger partial charge in [-0.2, -0.15) is 0 Å². The summed E-state index contributed by atoms with van der Waals surface area (Å²) >= 11 is 0. The highest BCUT2D eigenvalue weighted by Gasteiger charge is 2.25. The standard InChI is InChI=1S/C17H18N4O3/c1-11-3-4-14(7-15(11)21-5-6-24-17(21)23)20-16(22)12(2)13-8-18-10-19-9-13/h3-4,7-10,12H,5-6H2,1-2H3,(H,20,22)/t12-/m1/s1. The lowest BCUT2D eigenvalue weighted by Gasteiger charge is -2.18. The SMILES string of the molecule is Cc1ccc(NC(=O)[C@H](C)c2cncnc2)cc1N1CCOC1=O. The molecule has 124 valence electrons. The molecule has 2 aromatic rings. The molecule has 1 N–H and O–H groups in total. The lowest BCUT2D eigenvalue weighted by Crippen LogP contribution is -2.24. The molecule has 7 heteroatoms. The molecule has 1 fully saturated rings. The monoisotopic (exact) mass is 326 g/mol. The van der Waals surface area contributed by atoms with E-state index in [2.05, 4.69) is 15.3 Å². The number of hydrogen-bond donors (Lipinski definition) is 1. The van der Waals surface area contributed by atoms with Gasteiger partial charge in [0.25, 0.3) is 0 Å². The summed E-state index contributed by atoms with van der Waals surface area (Å²) in [6.07, 6.45) is 4.31. The van der Waals surface area contributed by atoms with Crippen LogP contribution in [0, 0.1) is 6.92 Å². The molecule has 1 aliphatic heterocycles. The van der Waals surface area contributed by atoms with E-state index in [0.29, 0.717) is 18.8 Å². The molecule has 0 spiro atoms. The number of nitrogens with one attached hydrogen (secondary N) is 1. The van der Waals surface area contributed by atoms with Crippen LogP contribution in [0.1, 0.15) is 24.0 Å². The molecule has 0 radical (unpaired) electrons. The predicted octanol–water partition coefficient (Wildman–Crippen LogP) is 2.48. The van der Waals surface area contributed by atoms with E-state index < -0.39 is 0 Å². The van der Waals surface area contributed by atoms with Gasteiger partial charge in [-0.3, -0.25) is 9.69 Å². The summed E-state index contributed by atoms with van der Waals surface area (Å²) in [5.74, 6) is -0.545. The molecule has 0 saturated carbocycles. The maximum Gasteiger partial charge on any atom is 0.414 e. The molecule has 24 heavy (non-hydrogen) atoms. The third-order valence-electron chi connectivity index (χ3n) is 4.00. The van der Waals surface area contributed by atoms with Crippen molar-refractivity contribution >= 4 is 23.4 Å². The highest BCUT2D eigenvalue weighted by Crippen LogP contribution is 2.27. The van der Waals surface area contributed by atoms with Crippen LogP contribution in [0.15, 0.2) is 36.9 Å². The Bertz CT molecular complexity index is 764. The normalized spacial score (nSPS) is 15.1. The number of anilines is 2. The second-order valence-corrected chi connectivity index (χ2v) is 5.65. The van der Waals surface area contributed by atoms with Crippen LogP contribution in [-0.4, -0.2) is 35.1 Å². The third-order valence-corrected chi connectivity index (χ3v) is 4.00. The molecule has 7 nitrogen and oxygen atoms in total. The molecule has 0 unspecified atom stereocenters. The van der Waals surface area contributed by atoms with Gasteiger partial charge in [0.2, 0.25) is 5.91 Å². The first kappa shape index (κ1) is 15.9. The van der Waals surface area contributed by atoms with Crippen molar-refractivity contribution in [3.05, 3.63) is 48.0 Å². The first-order chi connectivity index (χ1) is 11.6. The largest absolute Gasteiger partial charge is 0.447 e. The molecule has 1 aliphatic rings. The van der Waals surface area contributed by atoms with Crippen molar-refractivity contribution < 1.29 is 14.3 Å². The van der Waals surface area contributed by atoms with E-state index in [1.54, 1.807) is 30.3 Å². The molecule has 3 rings (SSSR count). The lowest BCUT2D eigenvalue weighted by molar-refractivity contribution is -0.117. The van der Waals surface area contributed by atoms with Crippen molar-refractivity contribution in [1.29, 1.82) is 0 Å². The Kier molecular flexibility index (Phi) is 4.41. The van der Waals surface area contributed by atoms with Gasteiger partial charge in [-0.1, -0.05) is 6.07 Å². The summed E-state index contributed by atoms with van der Waals surface area (Å²) in [5.41, 5.74) is 3.05. The molecule has 2 heterocycles. The topological polar surface area (TPSA) is 84.4 Å². The Morgan fingerprint density at radius 3 is 2.75 bits per heavy atom. The van der Waals surface area contributed by atoms with Crippen LogP contribution in [0.3, 0.4) is 0 Å². The number of aromatic nitrogens is 2. The minimum absolute atomic E-state index is 0.163. The molecule has 1 aromatic carbocycles. The number of aryl methyl sites for hydroxylation is 1. The summed E-state index contributed by atoms with van der Waals surface area (Å²) in [5, 5.41) is 2.87. The molecular weight excluding hydrogens is 308 g/mol. The number of carbonyl (C=O) groups excluding carboxylic acids is 2. The summed E-state index contributed by atoms with van der Waals surface area (Å²) in [4.78, 5) is 33.6. The fraction of sp³-hybridized carbons (Fsp3) is 0.294. The fourth-order valence-corrected chi connectivity index (χ4v) is 2.53. The smallest absolute Gasteiger partial charge is 0.414 e. The van der Waals surface area contributed by atoms with Gasteiger partial charge in [-0.15, -0.1) is 0 Å². The van der Waals surface area contributed by atoms with E-state index in [1.165, 1.54) is 6.33 Å². The Morgan fingerprint density at radius 1 is 1.33 bits per heavy atom. The van der Waals surface area contributed by atoms with Crippen LogP contribution >= 0.6 is 0 Å². The first-order valence-electron chi connectivity index (χ1n) is 7.67. The minimum Gasteiger partial charge on any atom is -0.447 e.